The standard InChI is InChI=1S/C32H24ClN5O3S2/c33-24-10-8-22(9-11-24)28-19-43-32(37-28)38-29(39)20-42-26-14-12-25(13-15-26)35-31(41)27(17-21-5-4-16-34-18-21)36-30(40)23-6-2-1-3-7-23/h1-19H,20H2,(H,35,41)(H,36,40)(H,37,38,39)/b27-17-. The van der Waals surface area contributed by atoms with E-state index in [-0.39, 0.29) is 17.4 Å². The van der Waals surface area contributed by atoms with Gasteiger partial charge in [0.1, 0.15) is 5.70 Å². The van der Waals surface area contributed by atoms with Gasteiger partial charge in [-0.1, -0.05) is 48.0 Å². The lowest BCUT2D eigenvalue weighted by Gasteiger charge is -2.12. The second-order valence-electron chi connectivity index (χ2n) is 9.02. The lowest BCUT2D eigenvalue weighted by molar-refractivity contribution is -0.114. The molecule has 3 amide bonds. The fourth-order valence-corrected chi connectivity index (χ4v) is 5.35. The number of nitrogens with one attached hydrogen (secondary N) is 3. The number of thioether (sulfide) groups is 1. The van der Waals surface area contributed by atoms with Crippen LogP contribution in [0.3, 0.4) is 0 Å². The SMILES string of the molecule is O=C(CSc1ccc(NC(=O)/C(=C/c2cccnc2)NC(=O)c2ccccc2)cc1)Nc1nc(-c2ccc(Cl)cc2)cs1. The molecule has 2 aromatic heterocycles. The van der Waals surface area contributed by atoms with E-state index < -0.39 is 11.8 Å². The van der Waals surface area contributed by atoms with Gasteiger partial charge in [0.25, 0.3) is 11.8 Å². The van der Waals surface area contributed by atoms with E-state index in [4.69, 9.17) is 11.6 Å². The van der Waals surface area contributed by atoms with Crippen LogP contribution in [-0.2, 0) is 9.59 Å². The van der Waals surface area contributed by atoms with Gasteiger partial charge in [-0.05, 0) is 66.2 Å². The Bertz CT molecular complexity index is 1740. The molecule has 11 heteroatoms. The molecule has 0 aliphatic rings. The van der Waals surface area contributed by atoms with E-state index in [0.717, 1.165) is 16.2 Å². The Hall–Kier alpha value is -4.77. The molecule has 0 saturated heterocycles. The molecule has 0 spiro atoms. The van der Waals surface area contributed by atoms with Crippen molar-refractivity contribution in [3.8, 4) is 11.3 Å². The van der Waals surface area contributed by atoms with E-state index in [1.54, 1.807) is 79.1 Å². The van der Waals surface area contributed by atoms with Crippen LogP contribution in [0.1, 0.15) is 15.9 Å². The topological polar surface area (TPSA) is 113 Å². The van der Waals surface area contributed by atoms with Crippen LogP contribution in [0.5, 0.6) is 0 Å². The van der Waals surface area contributed by atoms with Gasteiger partial charge in [-0.25, -0.2) is 4.98 Å². The smallest absolute Gasteiger partial charge is 0.272 e. The van der Waals surface area contributed by atoms with Gasteiger partial charge in [-0.3, -0.25) is 19.4 Å². The molecule has 5 rings (SSSR count). The first-order valence-electron chi connectivity index (χ1n) is 13.0. The number of rotatable bonds is 10. The Kier molecular flexibility index (Phi) is 9.96. The first-order valence-corrected chi connectivity index (χ1v) is 15.2. The minimum absolute atomic E-state index is 0.0679. The number of carbonyl (C=O) groups is 3. The van der Waals surface area contributed by atoms with Crippen LogP contribution in [0.15, 0.2) is 119 Å². The first kappa shape index (κ1) is 29.7. The summed E-state index contributed by atoms with van der Waals surface area (Å²) < 4.78 is 0. The van der Waals surface area contributed by atoms with Crippen molar-refractivity contribution in [1.29, 1.82) is 0 Å². The highest BCUT2D eigenvalue weighted by molar-refractivity contribution is 8.00. The summed E-state index contributed by atoms with van der Waals surface area (Å²) in [5, 5.41) is 11.4. The van der Waals surface area contributed by atoms with Crippen LogP contribution in [0.4, 0.5) is 10.8 Å². The fourth-order valence-electron chi connectivity index (χ4n) is 3.79. The number of anilines is 2. The lowest BCUT2D eigenvalue weighted by Crippen LogP contribution is -2.30. The molecule has 3 aromatic carbocycles. The first-order chi connectivity index (χ1) is 20.9. The summed E-state index contributed by atoms with van der Waals surface area (Å²) in [6, 6.07) is 26.6. The highest BCUT2D eigenvalue weighted by atomic mass is 35.5. The molecule has 2 heterocycles. The minimum Gasteiger partial charge on any atom is -0.321 e. The Morgan fingerprint density at radius 1 is 0.884 bits per heavy atom. The van der Waals surface area contributed by atoms with E-state index in [2.05, 4.69) is 25.9 Å². The molecule has 5 aromatic rings. The summed E-state index contributed by atoms with van der Waals surface area (Å²) in [4.78, 5) is 47.9. The third-order valence-electron chi connectivity index (χ3n) is 5.90. The van der Waals surface area contributed by atoms with Crippen molar-refractivity contribution in [2.75, 3.05) is 16.4 Å². The third kappa shape index (κ3) is 8.62. The van der Waals surface area contributed by atoms with Crippen LogP contribution >= 0.6 is 34.7 Å². The van der Waals surface area contributed by atoms with Crippen LogP contribution in [-0.4, -0.2) is 33.4 Å². The van der Waals surface area contributed by atoms with Crippen LogP contribution in [0.2, 0.25) is 5.02 Å². The summed E-state index contributed by atoms with van der Waals surface area (Å²) in [5.74, 6) is -0.895. The number of carbonyl (C=O) groups excluding carboxylic acids is 3. The maximum Gasteiger partial charge on any atom is 0.272 e. The van der Waals surface area contributed by atoms with E-state index >= 15 is 0 Å². The van der Waals surface area contributed by atoms with Crippen molar-refractivity contribution in [2.24, 2.45) is 0 Å². The quantitative estimate of drug-likeness (QED) is 0.114. The maximum absolute atomic E-state index is 13.2. The molecule has 0 atom stereocenters. The van der Waals surface area contributed by atoms with E-state index in [1.807, 2.05) is 35.7 Å². The van der Waals surface area contributed by atoms with Gasteiger partial charge in [0.15, 0.2) is 5.13 Å². The summed E-state index contributed by atoms with van der Waals surface area (Å²) in [7, 11) is 0. The molecule has 0 bridgehead atoms. The molecule has 0 saturated carbocycles. The molecular formula is C32H24ClN5O3S2. The zero-order valence-corrected chi connectivity index (χ0v) is 24.9. The molecule has 0 fully saturated rings. The normalized spacial score (nSPS) is 11.0. The molecule has 8 nitrogen and oxygen atoms in total. The van der Waals surface area contributed by atoms with Crippen molar-refractivity contribution in [3.63, 3.8) is 0 Å². The third-order valence-corrected chi connectivity index (χ3v) is 7.92. The predicted octanol–water partition coefficient (Wildman–Crippen LogP) is 7.00. The van der Waals surface area contributed by atoms with Crippen molar-refractivity contribution in [1.82, 2.24) is 15.3 Å². The number of nitrogens with zero attached hydrogens (tertiary/aromatic N) is 2. The predicted molar refractivity (Wildman–Crippen MR) is 173 cm³/mol. The van der Waals surface area contributed by atoms with Crippen LogP contribution in [0.25, 0.3) is 17.3 Å². The molecule has 214 valence electrons. The van der Waals surface area contributed by atoms with Gasteiger partial charge in [-0.2, -0.15) is 0 Å². The van der Waals surface area contributed by atoms with E-state index in [0.29, 0.717) is 27.0 Å². The van der Waals surface area contributed by atoms with Crippen molar-refractivity contribution in [3.05, 3.63) is 131 Å². The maximum atomic E-state index is 13.2. The molecule has 0 aliphatic heterocycles. The summed E-state index contributed by atoms with van der Waals surface area (Å²) in [6.45, 7) is 0. The molecular weight excluding hydrogens is 602 g/mol. The summed E-state index contributed by atoms with van der Waals surface area (Å²) in [5.41, 5.74) is 3.36. The monoisotopic (exact) mass is 625 g/mol. The zero-order chi connectivity index (χ0) is 30.0. The van der Waals surface area contributed by atoms with Gasteiger partial charge in [0.05, 0.1) is 11.4 Å². The second kappa shape index (κ2) is 14.4. The average Bonchev–Trinajstić information content (AvgIpc) is 3.50. The van der Waals surface area contributed by atoms with E-state index in [9.17, 15) is 14.4 Å². The van der Waals surface area contributed by atoms with Crippen molar-refractivity contribution in [2.45, 2.75) is 4.90 Å². The average molecular weight is 626 g/mol. The van der Waals surface area contributed by atoms with Crippen LogP contribution in [0, 0.1) is 0 Å². The number of amides is 3. The zero-order valence-electron chi connectivity index (χ0n) is 22.5. The Morgan fingerprint density at radius 2 is 1.65 bits per heavy atom. The van der Waals surface area contributed by atoms with Gasteiger partial charge in [0.2, 0.25) is 5.91 Å². The van der Waals surface area contributed by atoms with Gasteiger partial charge >= 0.3 is 0 Å². The van der Waals surface area contributed by atoms with E-state index in [1.165, 1.54) is 23.1 Å². The number of halogens is 1. The molecule has 0 radical (unpaired) electrons. The second-order valence-corrected chi connectivity index (χ2v) is 11.4. The van der Waals surface area contributed by atoms with Crippen molar-refractivity contribution < 1.29 is 14.4 Å². The van der Waals surface area contributed by atoms with Crippen LogP contribution < -0.4 is 16.0 Å². The number of hydrogen-bond donors (Lipinski definition) is 3. The minimum atomic E-state index is -0.491. The number of thiazole rings is 1. The molecule has 0 unspecified atom stereocenters. The number of aromatic nitrogens is 2. The van der Waals surface area contributed by atoms with Gasteiger partial charge in [-0.15, -0.1) is 23.1 Å². The lowest BCUT2D eigenvalue weighted by atomic mass is 10.2. The molecule has 43 heavy (non-hydrogen) atoms. The highest BCUT2D eigenvalue weighted by Gasteiger charge is 2.15. The fraction of sp³-hybridized carbons (Fsp3) is 0.0312. The Labute approximate surface area is 261 Å². The van der Waals surface area contributed by atoms with Crippen molar-refractivity contribution >= 4 is 69.3 Å². The number of hydrogen-bond acceptors (Lipinski definition) is 7. The molecule has 0 aliphatic carbocycles. The Morgan fingerprint density at radius 3 is 2.37 bits per heavy atom. The Balaban J connectivity index is 1.17. The van der Waals surface area contributed by atoms with Gasteiger partial charge in [0, 0.05) is 44.5 Å². The van der Waals surface area contributed by atoms with Gasteiger partial charge < -0.3 is 16.0 Å². The largest absolute Gasteiger partial charge is 0.321 e. The summed E-state index contributed by atoms with van der Waals surface area (Å²) in [6.07, 6.45) is 4.78. The highest BCUT2D eigenvalue weighted by Crippen LogP contribution is 2.27. The summed E-state index contributed by atoms with van der Waals surface area (Å²) >= 11 is 8.66. The molecule has 3 N–H and O–H groups in total. The number of pyridine rings is 1. The number of benzene rings is 3.